The lowest BCUT2D eigenvalue weighted by Gasteiger charge is -2.38. The van der Waals surface area contributed by atoms with Crippen LogP contribution in [0.25, 0.3) is 0 Å². The molecule has 2 saturated heterocycles. The number of piperidine rings is 1. The largest absolute Gasteiger partial charge is 0.478 e. The Morgan fingerprint density at radius 3 is 2.58 bits per heavy atom. The molecule has 3 aliphatic heterocycles. The Balaban J connectivity index is 1.30. The third kappa shape index (κ3) is 5.89. The molecular formula is C28H36F3N5O4. The van der Waals surface area contributed by atoms with Gasteiger partial charge in [-0.25, -0.2) is 0 Å². The molecule has 0 spiro atoms. The summed E-state index contributed by atoms with van der Waals surface area (Å²) in [5.74, 6) is 0.0431. The first-order chi connectivity index (χ1) is 19.2. The van der Waals surface area contributed by atoms with Crippen molar-refractivity contribution in [1.82, 2.24) is 20.4 Å². The van der Waals surface area contributed by atoms with Gasteiger partial charge in [0.15, 0.2) is 5.69 Å². The Kier molecular flexibility index (Phi) is 8.48. The zero-order valence-corrected chi connectivity index (χ0v) is 23.1. The number of benzene rings is 1. The highest BCUT2D eigenvalue weighted by molar-refractivity contribution is 5.95. The van der Waals surface area contributed by atoms with Crippen molar-refractivity contribution in [3.63, 3.8) is 0 Å². The lowest BCUT2D eigenvalue weighted by atomic mass is 9.96. The van der Waals surface area contributed by atoms with E-state index in [2.05, 4.69) is 15.5 Å². The number of carbonyl (C=O) groups excluding carboxylic acids is 1. The third-order valence-electron chi connectivity index (χ3n) is 8.25. The molecule has 0 bridgehead atoms. The van der Waals surface area contributed by atoms with E-state index >= 15 is 0 Å². The lowest BCUT2D eigenvalue weighted by molar-refractivity contribution is -0.137. The number of hydrogen-bond donors (Lipinski definition) is 1. The van der Waals surface area contributed by atoms with Crippen molar-refractivity contribution < 1.29 is 32.2 Å². The number of alkyl halides is 3. The van der Waals surface area contributed by atoms with Gasteiger partial charge in [-0.3, -0.25) is 4.79 Å². The maximum Gasteiger partial charge on any atom is 0.416 e. The summed E-state index contributed by atoms with van der Waals surface area (Å²) >= 11 is 0. The van der Waals surface area contributed by atoms with Gasteiger partial charge in [0.05, 0.1) is 25.4 Å². The number of hydrogen-bond acceptors (Lipinski definition) is 8. The van der Waals surface area contributed by atoms with Gasteiger partial charge in [-0.2, -0.15) is 13.2 Å². The summed E-state index contributed by atoms with van der Waals surface area (Å²) < 4.78 is 56.6. The first-order valence-corrected chi connectivity index (χ1v) is 13.7. The van der Waals surface area contributed by atoms with Crippen LogP contribution in [0.5, 0.6) is 5.88 Å². The predicted molar refractivity (Wildman–Crippen MR) is 142 cm³/mol. The average Bonchev–Trinajstić information content (AvgIpc) is 2.96. The number of halogens is 3. The van der Waals surface area contributed by atoms with Gasteiger partial charge in [-0.15, -0.1) is 10.2 Å². The van der Waals surface area contributed by atoms with E-state index in [0.29, 0.717) is 56.1 Å². The van der Waals surface area contributed by atoms with Crippen LogP contribution >= 0.6 is 0 Å². The summed E-state index contributed by atoms with van der Waals surface area (Å²) in [5, 5.41) is 12.1. The summed E-state index contributed by atoms with van der Waals surface area (Å²) in [5.41, 5.74) is 2.24. The second kappa shape index (κ2) is 11.9. The molecule has 1 aromatic heterocycles. The maximum atomic E-state index is 13.6. The molecule has 1 amide bonds. The van der Waals surface area contributed by atoms with E-state index in [4.69, 9.17) is 14.2 Å². The van der Waals surface area contributed by atoms with E-state index in [0.717, 1.165) is 30.9 Å². The second-order valence-corrected chi connectivity index (χ2v) is 10.7. The van der Waals surface area contributed by atoms with Crippen molar-refractivity contribution in [2.45, 2.75) is 63.5 Å². The molecule has 2 unspecified atom stereocenters. The minimum atomic E-state index is -4.41. The SMILES string of the molecule is COc1nnc(C(=O)N2CCC(NC3CCOCC3OC)CC2)c(C)c1N1CCc2ccc(C(F)(F)F)cc2C1. The molecule has 4 heterocycles. The molecule has 12 heteroatoms. The van der Waals surface area contributed by atoms with E-state index in [1.54, 1.807) is 25.0 Å². The van der Waals surface area contributed by atoms with E-state index < -0.39 is 11.7 Å². The van der Waals surface area contributed by atoms with Crippen LogP contribution in [0.15, 0.2) is 18.2 Å². The number of ether oxygens (including phenoxy) is 3. The van der Waals surface area contributed by atoms with E-state index in [1.165, 1.54) is 13.2 Å². The Hall–Kier alpha value is -2.96. The van der Waals surface area contributed by atoms with Gasteiger partial charge in [-0.05, 0) is 55.9 Å². The first-order valence-electron chi connectivity index (χ1n) is 13.7. The number of nitrogens with zero attached hydrogens (tertiary/aromatic N) is 4. The smallest absolute Gasteiger partial charge is 0.416 e. The van der Waals surface area contributed by atoms with Crippen molar-refractivity contribution in [2.75, 3.05) is 52.0 Å². The van der Waals surface area contributed by atoms with Crippen LogP contribution in [-0.4, -0.2) is 86.3 Å². The highest BCUT2D eigenvalue weighted by Gasteiger charge is 2.34. The monoisotopic (exact) mass is 563 g/mol. The van der Waals surface area contributed by atoms with E-state index in [-0.39, 0.29) is 42.2 Å². The van der Waals surface area contributed by atoms with Crippen molar-refractivity contribution in [2.24, 2.45) is 0 Å². The number of nitrogens with one attached hydrogen (secondary N) is 1. The van der Waals surface area contributed by atoms with Crippen LogP contribution in [-0.2, 0) is 28.6 Å². The summed E-state index contributed by atoms with van der Waals surface area (Å²) in [6, 6.07) is 4.39. The molecule has 1 aromatic carbocycles. The fourth-order valence-corrected chi connectivity index (χ4v) is 5.96. The number of likely N-dealkylation sites (tertiary alicyclic amines) is 1. The van der Waals surface area contributed by atoms with Crippen molar-refractivity contribution in [3.8, 4) is 5.88 Å². The van der Waals surface area contributed by atoms with E-state index in [9.17, 15) is 18.0 Å². The highest BCUT2D eigenvalue weighted by Crippen LogP contribution is 2.37. The first kappa shape index (κ1) is 28.6. The number of amides is 1. The minimum Gasteiger partial charge on any atom is -0.478 e. The van der Waals surface area contributed by atoms with Crippen LogP contribution in [0.2, 0.25) is 0 Å². The quantitative estimate of drug-likeness (QED) is 0.573. The molecule has 5 rings (SSSR count). The molecule has 2 atom stereocenters. The van der Waals surface area contributed by atoms with Crippen LogP contribution in [0, 0.1) is 6.92 Å². The molecule has 3 aliphatic rings. The highest BCUT2D eigenvalue weighted by atomic mass is 19.4. The van der Waals surface area contributed by atoms with Crippen LogP contribution < -0.4 is 15.0 Å². The maximum absolute atomic E-state index is 13.6. The third-order valence-corrected chi connectivity index (χ3v) is 8.25. The van der Waals surface area contributed by atoms with Crippen LogP contribution in [0.4, 0.5) is 18.9 Å². The topological polar surface area (TPSA) is 89.1 Å². The average molecular weight is 564 g/mol. The van der Waals surface area contributed by atoms with Crippen molar-refractivity contribution in [1.29, 1.82) is 0 Å². The molecule has 1 N–H and O–H groups in total. The van der Waals surface area contributed by atoms with Crippen molar-refractivity contribution >= 4 is 11.6 Å². The van der Waals surface area contributed by atoms with Gasteiger partial charge in [0.25, 0.3) is 11.8 Å². The lowest BCUT2D eigenvalue weighted by Crippen LogP contribution is -2.54. The van der Waals surface area contributed by atoms with E-state index in [1.807, 2.05) is 4.90 Å². The summed E-state index contributed by atoms with van der Waals surface area (Å²) in [7, 11) is 3.17. The number of anilines is 1. The number of carbonyl (C=O) groups is 1. The number of methoxy groups -OCH3 is 2. The second-order valence-electron chi connectivity index (χ2n) is 10.7. The Bertz CT molecular complexity index is 1220. The number of rotatable bonds is 6. The molecule has 0 radical (unpaired) electrons. The molecule has 2 fully saturated rings. The molecule has 9 nitrogen and oxygen atoms in total. The van der Waals surface area contributed by atoms with Gasteiger partial charge in [0.1, 0.15) is 5.69 Å². The molecule has 0 saturated carbocycles. The molecular weight excluding hydrogens is 527 g/mol. The molecule has 2 aromatic rings. The Labute approximate surface area is 232 Å². The fourth-order valence-electron chi connectivity index (χ4n) is 5.96. The number of aromatic nitrogens is 2. The molecule has 40 heavy (non-hydrogen) atoms. The fraction of sp³-hybridized carbons (Fsp3) is 0.607. The van der Waals surface area contributed by atoms with Crippen LogP contribution in [0.1, 0.15) is 52.0 Å². The van der Waals surface area contributed by atoms with Gasteiger partial charge in [0.2, 0.25) is 0 Å². The Morgan fingerprint density at radius 1 is 1.10 bits per heavy atom. The van der Waals surface area contributed by atoms with Gasteiger partial charge < -0.3 is 29.3 Å². The van der Waals surface area contributed by atoms with Gasteiger partial charge in [-0.1, -0.05) is 6.07 Å². The number of fused-ring (bicyclic) bond motifs is 1. The van der Waals surface area contributed by atoms with Crippen molar-refractivity contribution in [3.05, 3.63) is 46.1 Å². The standard InChI is InChI=1S/C28H36F3N5O4/c1-17-24(27(37)35-11-7-21(8-12-35)32-22-9-13-40-16-23(22)38-2)33-34-26(39-3)25(17)36-10-6-18-4-5-20(28(29,30)31)14-19(18)15-36/h4-5,14,21-23,32H,6-13,15-16H2,1-3H3. The Morgan fingerprint density at radius 2 is 1.88 bits per heavy atom. The molecule has 218 valence electrons. The zero-order chi connectivity index (χ0) is 28.4. The molecule has 0 aliphatic carbocycles. The summed E-state index contributed by atoms with van der Waals surface area (Å²) in [4.78, 5) is 17.3. The van der Waals surface area contributed by atoms with Gasteiger partial charge in [0, 0.05) is 57.5 Å². The zero-order valence-electron chi connectivity index (χ0n) is 23.1. The minimum absolute atomic E-state index is 0.0193. The summed E-state index contributed by atoms with van der Waals surface area (Å²) in [6.07, 6.45) is -1.33. The predicted octanol–water partition coefficient (Wildman–Crippen LogP) is 3.37. The van der Waals surface area contributed by atoms with Crippen LogP contribution in [0.3, 0.4) is 0 Å². The summed E-state index contributed by atoms with van der Waals surface area (Å²) in [6.45, 7) is 5.05. The normalized spacial score (nSPS) is 22.2. The van der Waals surface area contributed by atoms with Gasteiger partial charge >= 0.3 is 6.18 Å².